The van der Waals surface area contributed by atoms with Crippen molar-refractivity contribution in [3.63, 3.8) is 0 Å². The van der Waals surface area contributed by atoms with Crippen molar-refractivity contribution in [1.29, 1.82) is 0 Å². The first kappa shape index (κ1) is 26.6. The van der Waals surface area contributed by atoms with Gasteiger partial charge in [0.25, 0.3) is 0 Å². The smallest absolute Gasteiger partial charge is 0.245 e. The van der Waals surface area contributed by atoms with E-state index in [1.807, 2.05) is 37.3 Å². The van der Waals surface area contributed by atoms with E-state index < -0.39 is 29.1 Å². The van der Waals surface area contributed by atoms with Gasteiger partial charge in [-0.1, -0.05) is 56.5 Å². The third-order valence-electron chi connectivity index (χ3n) is 8.25. The third-order valence-corrected chi connectivity index (χ3v) is 8.25. The summed E-state index contributed by atoms with van der Waals surface area (Å²) in [6.45, 7) is 5.54. The maximum Gasteiger partial charge on any atom is 0.245 e. The molecule has 4 rings (SSSR count). The number of carbonyl (C=O) groups excluding carboxylic acids is 3. The van der Waals surface area contributed by atoms with Crippen molar-refractivity contribution >= 4 is 17.7 Å². The van der Waals surface area contributed by atoms with E-state index in [0.29, 0.717) is 32.5 Å². The Morgan fingerprint density at radius 1 is 1.06 bits per heavy atom. The summed E-state index contributed by atoms with van der Waals surface area (Å²) < 4.78 is 6.63. The minimum atomic E-state index is -0.970. The fourth-order valence-corrected chi connectivity index (χ4v) is 6.50. The van der Waals surface area contributed by atoms with Crippen LogP contribution in [0.4, 0.5) is 0 Å². The molecule has 198 valence electrons. The number of carbonyl (C=O) groups is 3. The topological polar surface area (TPSA) is 108 Å². The number of aliphatic hydroxyl groups is 1. The molecule has 3 heterocycles. The molecular weight excluding hydrogens is 458 g/mol. The lowest BCUT2D eigenvalue weighted by atomic mass is 9.66. The van der Waals surface area contributed by atoms with E-state index >= 15 is 0 Å². The van der Waals surface area contributed by atoms with Crippen LogP contribution in [-0.2, 0) is 25.7 Å². The number of hydrogen-bond acceptors (Lipinski definition) is 5. The fourth-order valence-electron chi connectivity index (χ4n) is 6.50. The van der Waals surface area contributed by atoms with Crippen molar-refractivity contribution in [2.24, 2.45) is 11.8 Å². The van der Waals surface area contributed by atoms with Crippen LogP contribution in [0.15, 0.2) is 30.3 Å². The molecule has 2 bridgehead atoms. The third kappa shape index (κ3) is 4.90. The second kappa shape index (κ2) is 11.3. The van der Waals surface area contributed by atoms with Crippen LogP contribution in [0.1, 0.15) is 70.8 Å². The standard InChI is InChI=1S/C28H41N3O5/c1-3-4-16-29-25(34)23-28-15-14-27(2,36-28)21(24(33)30-19-20-12-8-7-9-13-20)22(28)26(35)31(23)17-10-5-6-11-18-32/h7-9,12-13,21-23,32H,3-6,10-11,14-19H2,1-2H3,(H,29,34)(H,30,33)/t21-,22-,23?,27+,28?/m0/s1. The second-order valence-corrected chi connectivity index (χ2v) is 10.7. The SMILES string of the molecule is CCCCNC(=O)C1N(CCCCCCO)C(=O)[C@@H]2[C@@H](C(=O)NCc3ccccc3)[C@@]3(C)CCC12O3. The van der Waals surface area contributed by atoms with Gasteiger partial charge in [-0.25, -0.2) is 0 Å². The number of rotatable bonds is 13. The van der Waals surface area contributed by atoms with Crippen LogP contribution >= 0.6 is 0 Å². The molecule has 2 unspecified atom stereocenters. The number of ether oxygens (including phenoxy) is 1. The number of hydrogen-bond donors (Lipinski definition) is 3. The summed E-state index contributed by atoms with van der Waals surface area (Å²) in [7, 11) is 0. The molecule has 0 aromatic heterocycles. The summed E-state index contributed by atoms with van der Waals surface area (Å²) in [6, 6.07) is 8.98. The van der Waals surface area contributed by atoms with E-state index in [4.69, 9.17) is 9.84 Å². The van der Waals surface area contributed by atoms with Gasteiger partial charge in [0.1, 0.15) is 11.6 Å². The zero-order chi connectivity index (χ0) is 25.8. The predicted molar refractivity (Wildman–Crippen MR) is 136 cm³/mol. The summed E-state index contributed by atoms with van der Waals surface area (Å²) in [6.07, 6.45) is 6.28. The molecule has 0 radical (unpaired) electrons. The van der Waals surface area contributed by atoms with Crippen LogP contribution in [0.25, 0.3) is 0 Å². The minimum Gasteiger partial charge on any atom is -0.396 e. The summed E-state index contributed by atoms with van der Waals surface area (Å²) >= 11 is 0. The molecular formula is C28H41N3O5. The van der Waals surface area contributed by atoms with Gasteiger partial charge in [0.05, 0.1) is 17.4 Å². The molecule has 36 heavy (non-hydrogen) atoms. The Kier molecular flexibility index (Phi) is 8.35. The Hall–Kier alpha value is -2.45. The highest BCUT2D eigenvalue weighted by molar-refractivity contribution is 5.99. The van der Waals surface area contributed by atoms with E-state index in [2.05, 4.69) is 17.6 Å². The van der Waals surface area contributed by atoms with E-state index in [-0.39, 0.29) is 24.3 Å². The van der Waals surface area contributed by atoms with Crippen molar-refractivity contribution in [2.45, 2.75) is 89.0 Å². The molecule has 5 atom stereocenters. The van der Waals surface area contributed by atoms with Crippen LogP contribution in [0.5, 0.6) is 0 Å². The van der Waals surface area contributed by atoms with Gasteiger partial charge in [0.15, 0.2) is 0 Å². The van der Waals surface area contributed by atoms with Gasteiger partial charge >= 0.3 is 0 Å². The maximum absolute atomic E-state index is 13.9. The average Bonchev–Trinajstić information content (AvgIpc) is 3.44. The molecule has 0 aliphatic carbocycles. The lowest BCUT2D eigenvalue weighted by molar-refractivity contribution is -0.146. The number of likely N-dealkylation sites (tertiary alicyclic amines) is 1. The van der Waals surface area contributed by atoms with Crippen molar-refractivity contribution in [1.82, 2.24) is 15.5 Å². The van der Waals surface area contributed by atoms with Gasteiger partial charge < -0.3 is 25.4 Å². The molecule has 3 N–H and O–H groups in total. The predicted octanol–water partition coefficient (Wildman–Crippen LogP) is 2.54. The lowest BCUT2D eigenvalue weighted by Crippen LogP contribution is -2.55. The first-order valence-corrected chi connectivity index (χ1v) is 13.6. The fraction of sp³-hybridized carbons (Fsp3) is 0.679. The zero-order valence-electron chi connectivity index (χ0n) is 21.6. The highest BCUT2D eigenvalue weighted by atomic mass is 16.5. The molecule has 8 nitrogen and oxygen atoms in total. The van der Waals surface area contributed by atoms with Gasteiger partial charge in [-0.2, -0.15) is 0 Å². The normalized spacial score (nSPS) is 30.5. The number of nitrogens with zero attached hydrogens (tertiary/aromatic N) is 1. The van der Waals surface area contributed by atoms with Crippen molar-refractivity contribution < 1.29 is 24.2 Å². The molecule has 1 aromatic rings. The minimum absolute atomic E-state index is 0.143. The molecule has 0 saturated carbocycles. The number of nitrogens with one attached hydrogen (secondary N) is 2. The Labute approximate surface area is 214 Å². The summed E-state index contributed by atoms with van der Waals surface area (Å²) in [4.78, 5) is 42.6. The van der Waals surface area contributed by atoms with E-state index in [0.717, 1.165) is 44.1 Å². The van der Waals surface area contributed by atoms with E-state index in [9.17, 15) is 14.4 Å². The highest BCUT2D eigenvalue weighted by Crippen LogP contribution is 2.63. The summed E-state index contributed by atoms with van der Waals surface area (Å²) in [5.41, 5.74) is -0.747. The summed E-state index contributed by atoms with van der Waals surface area (Å²) in [5, 5.41) is 15.1. The molecule has 8 heteroatoms. The van der Waals surface area contributed by atoms with E-state index in [1.165, 1.54) is 0 Å². The van der Waals surface area contributed by atoms with Gasteiger partial charge in [0.2, 0.25) is 17.7 Å². The van der Waals surface area contributed by atoms with Crippen LogP contribution in [0.3, 0.4) is 0 Å². The molecule has 3 saturated heterocycles. The monoisotopic (exact) mass is 499 g/mol. The highest BCUT2D eigenvalue weighted by Gasteiger charge is 2.77. The van der Waals surface area contributed by atoms with Gasteiger partial charge in [0, 0.05) is 26.2 Å². The van der Waals surface area contributed by atoms with Gasteiger partial charge in [-0.15, -0.1) is 0 Å². The lowest BCUT2D eigenvalue weighted by Gasteiger charge is -2.33. The molecule has 3 fully saturated rings. The van der Waals surface area contributed by atoms with Crippen LogP contribution in [-0.4, -0.2) is 64.7 Å². The van der Waals surface area contributed by atoms with Crippen molar-refractivity contribution in [2.75, 3.05) is 19.7 Å². The number of benzene rings is 1. The Bertz CT molecular complexity index is 940. The molecule has 1 aromatic carbocycles. The first-order valence-electron chi connectivity index (χ1n) is 13.6. The van der Waals surface area contributed by atoms with Gasteiger partial charge in [-0.3, -0.25) is 14.4 Å². The second-order valence-electron chi connectivity index (χ2n) is 10.7. The summed E-state index contributed by atoms with van der Waals surface area (Å²) in [5.74, 6) is -1.80. The first-order chi connectivity index (χ1) is 17.4. The Balaban J connectivity index is 1.56. The average molecular weight is 500 g/mol. The zero-order valence-corrected chi connectivity index (χ0v) is 21.6. The molecule has 3 amide bonds. The van der Waals surface area contributed by atoms with Crippen molar-refractivity contribution in [3.05, 3.63) is 35.9 Å². The Morgan fingerprint density at radius 3 is 2.53 bits per heavy atom. The van der Waals surface area contributed by atoms with Crippen LogP contribution in [0, 0.1) is 11.8 Å². The van der Waals surface area contributed by atoms with Crippen LogP contribution in [0.2, 0.25) is 0 Å². The van der Waals surface area contributed by atoms with Crippen molar-refractivity contribution in [3.8, 4) is 0 Å². The molecule has 3 aliphatic rings. The quantitative estimate of drug-likeness (QED) is 0.362. The number of unbranched alkanes of at least 4 members (excludes halogenated alkanes) is 4. The molecule has 3 aliphatic heterocycles. The number of aliphatic hydroxyl groups excluding tert-OH is 1. The van der Waals surface area contributed by atoms with E-state index in [1.54, 1.807) is 4.90 Å². The van der Waals surface area contributed by atoms with Crippen LogP contribution < -0.4 is 10.6 Å². The van der Waals surface area contributed by atoms with Gasteiger partial charge in [-0.05, 0) is 44.6 Å². The largest absolute Gasteiger partial charge is 0.396 e. The number of amides is 3. The number of fused-ring (bicyclic) bond motifs is 1. The molecule has 1 spiro atoms. The Morgan fingerprint density at radius 2 is 1.81 bits per heavy atom. The maximum atomic E-state index is 13.9.